The van der Waals surface area contributed by atoms with Gasteiger partial charge in [0.15, 0.2) is 6.79 Å². The largest absolute Gasteiger partial charge is 0.535 e. The maximum atomic E-state index is 12.0. The minimum Gasteiger partial charge on any atom is -0.535 e. The Balaban J connectivity index is 2.41. The molecule has 0 unspecified atom stereocenters. The molecule has 118 valence electrons. The number of carbonyl (C=O) groups excluding carboxylic acids is 2. The van der Waals surface area contributed by atoms with Crippen LogP contribution in [0.15, 0.2) is 12.1 Å². The standard InChI is InChI=1S/C14H17BO7/c1-8(17)5-10-6-9-3-4-11(20-2)12(14(18)21-7-16)13(9)22-15(10)19/h3-4,10,16,19H,5-7H2,1-2H3/t10-/m0/s1. The third-order valence-corrected chi connectivity index (χ3v) is 3.49. The molecule has 1 heterocycles. The van der Waals surface area contributed by atoms with Gasteiger partial charge in [0.05, 0.1) is 7.11 Å². The van der Waals surface area contributed by atoms with Crippen LogP contribution in [0.3, 0.4) is 0 Å². The zero-order valence-corrected chi connectivity index (χ0v) is 12.4. The predicted molar refractivity (Wildman–Crippen MR) is 76.8 cm³/mol. The second kappa shape index (κ2) is 6.80. The van der Waals surface area contributed by atoms with E-state index in [1.165, 1.54) is 14.0 Å². The van der Waals surface area contributed by atoms with Crippen LogP contribution in [-0.2, 0) is 16.0 Å². The summed E-state index contributed by atoms with van der Waals surface area (Å²) in [5, 5.41) is 18.8. The third kappa shape index (κ3) is 3.23. The number of benzene rings is 1. The predicted octanol–water partition coefficient (Wildman–Crippen LogP) is 0.567. The zero-order valence-electron chi connectivity index (χ0n) is 12.4. The minimum absolute atomic E-state index is 0.00868. The molecule has 0 bridgehead atoms. The Morgan fingerprint density at radius 1 is 1.45 bits per heavy atom. The molecule has 1 aliphatic rings. The van der Waals surface area contributed by atoms with Gasteiger partial charge in [-0.2, -0.15) is 0 Å². The molecule has 0 radical (unpaired) electrons. The number of ether oxygens (including phenoxy) is 2. The summed E-state index contributed by atoms with van der Waals surface area (Å²) in [6, 6.07) is 3.29. The summed E-state index contributed by atoms with van der Waals surface area (Å²) in [6.45, 7) is 0.668. The van der Waals surface area contributed by atoms with Crippen molar-refractivity contribution in [3.05, 3.63) is 23.3 Å². The number of esters is 1. The average molecular weight is 308 g/mol. The fourth-order valence-electron chi connectivity index (χ4n) is 2.54. The molecule has 1 aromatic rings. The van der Waals surface area contributed by atoms with Gasteiger partial charge in [-0.3, -0.25) is 0 Å². The van der Waals surface area contributed by atoms with Crippen LogP contribution in [0.5, 0.6) is 11.5 Å². The maximum Gasteiger partial charge on any atom is 0.526 e. The number of hydrogen-bond acceptors (Lipinski definition) is 7. The molecule has 8 heteroatoms. The fraction of sp³-hybridized carbons (Fsp3) is 0.429. The van der Waals surface area contributed by atoms with Gasteiger partial charge in [0.1, 0.15) is 22.8 Å². The van der Waals surface area contributed by atoms with Gasteiger partial charge < -0.3 is 29.1 Å². The van der Waals surface area contributed by atoms with Crippen molar-refractivity contribution in [2.75, 3.05) is 13.9 Å². The number of hydrogen-bond donors (Lipinski definition) is 2. The smallest absolute Gasteiger partial charge is 0.526 e. The fourth-order valence-corrected chi connectivity index (χ4v) is 2.54. The lowest BCUT2D eigenvalue weighted by Crippen LogP contribution is -2.35. The number of carbonyl (C=O) groups is 2. The molecule has 0 saturated heterocycles. The van der Waals surface area contributed by atoms with E-state index in [-0.39, 0.29) is 35.1 Å². The van der Waals surface area contributed by atoms with Crippen LogP contribution < -0.4 is 9.39 Å². The first-order valence-corrected chi connectivity index (χ1v) is 6.80. The number of methoxy groups -OCH3 is 1. The topological polar surface area (TPSA) is 102 Å². The molecule has 0 saturated carbocycles. The number of aliphatic hydroxyl groups is 1. The van der Waals surface area contributed by atoms with Gasteiger partial charge in [-0.15, -0.1) is 0 Å². The van der Waals surface area contributed by atoms with E-state index in [4.69, 9.17) is 14.5 Å². The molecule has 2 rings (SSSR count). The summed E-state index contributed by atoms with van der Waals surface area (Å²) in [5.74, 6) is -0.863. The van der Waals surface area contributed by atoms with E-state index < -0.39 is 19.9 Å². The van der Waals surface area contributed by atoms with Gasteiger partial charge >= 0.3 is 13.1 Å². The van der Waals surface area contributed by atoms with E-state index in [0.717, 1.165) is 0 Å². The lowest BCUT2D eigenvalue weighted by Gasteiger charge is -2.28. The number of ketones is 1. The van der Waals surface area contributed by atoms with E-state index in [1.54, 1.807) is 12.1 Å². The Morgan fingerprint density at radius 2 is 2.18 bits per heavy atom. The lowest BCUT2D eigenvalue weighted by molar-refractivity contribution is -0.117. The molecular formula is C14H17BO7. The molecule has 22 heavy (non-hydrogen) atoms. The average Bonchev–Trinajstić information content (AvgIpc) is 2.46. The summed E-state index contributed by atoms with van der Waals surface area (Å²) in [5.41, 5.74) is 0.677. The van der Waals surface area contributed by atoms with Crippen molar-refractivity contribution >= 4 is 18.9 Å². The first-order valence-electron chi connectivity index (χ1n) is 6.80. The SMILES string of the molecule is COc1ccc2c(c1C(=O)OCO)OB(O)[C@@H](CC(C)=O)C2. The van der Waals surface area contributed by atoms with Crippen LogP contribution in [0.25, 0.3) is 0 Å². The summed E-state index contributed by atoms with van der Waals surface area (Å²) in [6.07, 6.45) is 0.572. The third-order valence-electron chi connectivity index (χ3n) is 3.49. The number of fused-ring (bicyclic) bond motifs is 1. The van der Waals surface area contributed by atoms with Gasteiger partial charge in [-0.05, 0) is 25.0 Å². The van der Waals surface area contributed by atoms with Crippen LogP contribution in [0, 0.1) is 0 Å². The van der Waals surface area contributed by atoms with Crippen molar-refractivity contribution in [2.45, 2.75) is 25.6 Å². The second-order valence-corrected chi connectivity index (χ2v) is 5.07. The Labute approximate surface area is 127 Å². The molecule has 7 nitrogen and oxygen atoms in total. The van der Waals surface area contributed by atoms with Crippen LogP contribution in [0.4, 0.5) is 0 Å². The van der Waals surface area contributed by atoms with Crippen molar-refractivity contribution in [1.29, 1.82) is 0 Å². The lowest BCUT2D eigenvalue weighted by atomic mass is 9.64. The van der Waals surface area contributed by atoms with Crippen LogP contribution in [0.2, 0.25) is 5.82 Å². The van der Waals surface area contributed by atoms with Crippen molar-refractivity contribution in [3.8, 4) is 11.5 Å². The molecule has 2 N–H and O–H groups in total. The van der Waals surface area contributed by atoms with Gasteiger partial charge in [-0.25, -0.2) is 4.79 Å². The highest BCUT2D eigenvalue weighted by Crippen LogP contribution is 2.40. The van der Waals surface area contributed by atoms with Gasteiger partial charge in [0.2, 0.25) is 0 Å². The van der Waals surface area contributed by atoms with E-state index in [1.807, 2.05) is 0 Å². The normalized spacial score (nSPS) is 16.5. The maximum absolute atomic E-state index is 12.0. The molecular weight excluding hydrogens is 291 g/mol. The monoisotopic (exact) mass is 308 g/mol. The van der Waals surface area contributed by atoms with Gasteiger partial charge in [0.25, 0.3) is 0 Å². The molecule has 0 spiro atoms. The van der Waals surface area contributed by atoms with Crippen molar-refractivity contribution in [2.24, 2.45) is 0 Å². The molecule has 0 fully saturated rings. The Kier molecular flexibility index (Phi) is 5.05. The Morgan fingerprint density at radius 3 is 2.77 bits per heavy atom. The zero-order chi connectivity index (χ0) is 16.3. The second-order valence-electron chi connectivity index (χ2n) is 5.07. The Hall–Kier alpha value is -2.06. The first-order chi connectivity index (χ1) is 10.5. The van der Waals surface area contributed by atoms with E-state index in [2.05, 4.69) is 4.74 Å². The number of rotatable bonds is 5. The van der Waals surface area contributed by atoms with E-state index in [0.29, 0.717) is 12.0 Å². The molecule has 1 aromatic carbocycles. The molecule has 1 atom stereocenters. The van der Waals surface area contributed by atoms with Gasteiger partial charge in [0, 0.05) is 12.2 Å². The molecule has 0 aliphatic carbocycles. The quantitative estimate of drug-likeness (QED) is 0.465. The highest BCUT2D eigenvalue weighted by atomic mass is 16.6. The van der Waals surface area contributed by atoms with Crippen LogP contribution in [-0.4, -0.2) is 42.9 Å². The van der Waals surface area contributed by atoms with Crippen LogP contribution >= 0.6 is 0 Å². The van der Waals surface area contributed by atoms with E-state index >= 15 is 0 Å². The highest BCUT2D eigenvalue weighted by molar-refractivity contribution is 6.47. The summed E-state index contributed by atoms with van der Waals surface area (Å²) in [4.78, 5) is 23.2. The molecule has 1 aliphatic heterocycles. The molecule has 0 amide bonds. The summed E-state index contributed by atoms with van der Waals surface area (Å²) < 4.78 is 15.1. The minimum atomic E-state index is -1.20. The summed E-state index contributed by atoms with van der Waals surface area (Å²) in [7, 11) is 0.180. The number of Topliss-reactive ketones (excluding diaryl/α,β-unsaturated/α-hetero) is 1. The number of aliphatic hydroxyl groups excluding tert-OH is 1. The van der Waals surface area contributed by atoms with Crippen molar-refractivity contribution < 1.29 is 33.8 Å². The summed E-state index contributed by atoms with van der Waals surface area (Å²) >= 11 is 0. The Bertz CT molecular complexity index is 587. The van der Waals surface area contributed by atoms with E-state index in [9.17, 15) is 14.6 Å². The van der Waals surface area contributed by atoms with Crippen molar-refractivity contribution in [3.63, 3.8) is 0 Å². The van der Waals surface area contributed by atoms with Crippen molar-refractivity contribution in [1.82, 2.24) is 0 Å². The highest BCUT2D eigenvalue weighted by Gasteiger charge is 2.38. The van der Waals surface area contributed by atoms with Gasteiger partial charge in [-0.1, -0.05) is 6.07 Å². The van der Waals surface area contributed by atoms with Crippen LogP contribution in [0.1, 0.15) is 29.3 Å². The molecule has 0 aromatic heterocycles. The first kappa shape index (κ1) is 16.3.